The van der Waals surface area contributed by atoms with E-state index >= 15 is 0 Å². The van der Waals surface area contributed by atoms with E-state index in [1.165, 1.54) is 11.8 Å². The van der Waals surface area contributed by atoms with E-state index in [1.807, 2.05) is 46.3 Å². The number of rotatable bonds is 8. The van der Waals surface area contributed by atoms with E-state index in [0.29, 0.717) is 33.2 Å². The first-order valence-electron chi connectivity index (χ1n) is 9.49. The summed E-state index contributed by atoms with van der Waals surface area (Å²) in [5.74, 6) is 1.83. The Hall–Kier alpha value is -3.01. The molecule has 0 saturated carbocycles. The zero-order valence-corrected chi connectivity index (χ0v) is 19.6. The van der Waals surface area contributed by atoms with E-state index in [9.17, 15) is 4.79 Å². The number of aromatic nitrogens is 3. The number of anilines is 1. The standard InChI is InChI=1S/C22H19ClN4O3S2/c1-29-17-10-7-15(12-18(17)30-2)24-20(28)13-32-22-26-25-21(19-4-3-11-31-19)27(22)16-8-5-14(23)6-9-16/h3-12H,13H2,1-2H3,(H,24,28). The first-order valence-corrected chi connectivity index (χ1v) is 11.7. The van der Waals surface area contributed by atoms with Crippen LogP contribution in [0.1, 0.15) is 0 Å². The number of carbonyl (C=O) groups is 1. The molecule has 7 nitrogen and oxygen atoms in total. The third kappa shape index (κ3) is 4.90. The Morgan fingerprint density at radius 2 is 1.88 bits per heavy atom. The van der Waals surface area contributed by atoms with Crippen LogP contribution < -0.4 is 14.8 Å². The topological polar surface area (TPSA) is 78.3 Å². The SMILES string of the molecule is COc1ccc(NC(=O)CSc2nnc(-c3cccs3)n2-c2ccc(Cl)cc2)cc1OC. The molecule has 32 heavy (non-hydrogen) atoms. The number of thiophene rings is 1. The van der Waals surface area contributed by atoms with Gasteiger partial charge in [0, 0.05) is 22.5 Å². The molecule has 0 aliphatic carbocycles. The minimum absolute atomic E-state index is 0.157. The van der Waals surface area contributed by atoms with Crippen molar-refractivity contribution < 1.29 is 14.3 Å². The maximum Gasteiger partial charge on any atom is 0.234 e. The van der Waals surface area contributed by atoms with Crippen LogP contribution in [0.25, 0.3) is 16.4 Å². The Balaban J connectivity index is 1.53. The predicted molar refractivity (Wildman–Crippen MR) is 129 cm³/mol. The van der Waals surface area contributed by atoms with Crippen molar-refractivity contribution in [2.45, 2.75) is 5.16 Å². The van der Waals surface area contributed by atoms with Crippen molar-refractivity contribution in [1.29, 1.82) is 0 Å². The van der Waals surface area contributed by atoms with Gasteiger partial charge in [0.1, 0.15) is 0 Å². The van der Waals surface area contributed by atoms with Crippen LogP contribution in [0.3, 0.4) is 0 Å². The molecule has 164 valence electrons. The molecule has 2 aromatic carbocycles. The highest BCUT2D eigenvalue weighted by molar-refractivity contribution is 7.99. The molecule has 10 heteroatoms. The molecular weight excluding hydrogens is 468 g/mol. The number of thioether (sulfide) groups is 1. The van der Waals surface area contributed by atoms with Crippen LogP contribution in [0.15, 0.2) is 65.1 Å². The first-order chi connectivity index (χ1) is 15.6. The largest absolute Gasteiger partial charge is 0.493 e. The van der Waals surface area contributed by atoms with Crippen LogP contribution in [-0.2, 0) is 4.79 Å². The Morgan fingerprint density at radius 3 is 2.56 bits per heavy atom. The van der Waals surface area contributed by atoms with Crippen molar-refractivity contribution >= 4 is 46.3 Å². The van der Waals surface area contributed by atoms with Crippen molar-refractivity contribution in [3.05, 3.63) is 65.0 Å². The number of methoxy groups -OCH3 is 2. The molecule has 0 bridgehead atoms. The summed E-state index contributed by atoms with van der Waals surface area (Å²) in [4.78, 5) is 13.6. The van der Waals surface area contributed by atoms with E-state index in [1.54, 1.807) is 43.8 Å². The number of benzene rings is 2. The summed E-state index contributed by atoms with van der Waals surface area (Å²) in [7, 11) is 3.11. The zero-order valence-electron chi connectivity index (χ0n) is 17.2. The second-order valence-corrected chi connectivity index (χ2v) is 8.83. The van der Waals surface area contributed by atoms with Gasteiger partial charge in [0.2, 0.25) is 5.91 Å². The maximum absolute atomic E-state index is 12.6. The van der Waals surface area contributed by atoms with E-state index < -0.39 is 0 Å². The molecule has 0 spiro atoms. The highest BCUT2D eigenvalue weighted by Gasteiger charge is 2.18. The number of carbonyl (C=O) groups excluding carboxylic acids is 1. The van der Waals surface area contributed by atoms with Crippen molar-refractivity contribution in [1.82, 2.24) is 14.8 Å². The quantitative estimate of drug-likeness (QED) is 0.336. The van der Waals surface area contributed by atoms with Gasteiger partial charge in [-0.15, -0.1) is 21.5 Å². The molecule has 1 amide bonds. The van der Waals surface area contributed by atoms with Crippen LogP contribution in [0.4, 0.5) is 5.69 Å². The molecule has 0 saturated heterocycles. The second kappa shape index (κ2) is 10.1. The van der Waals surface area contributed by atoms with E-state index in [4.69, 9.17) is 21.1 Å². The molecule has 0 radical (unpaired) electrons. The van der Waals surface area contributed by atoms with Crippen LogP contribution in [-0.4, -0.2) is 40.6 Å². The Kier molecular flexibility index (Phi) is 6.99. The first kappa shape index (κ1) is 22.2. The van der Waals surface area contributed by atoms with Crippen LogP contribution in [0.5, 0.6) is 11.5 Å². The molecule has 2 aromatic heterocycles. The van der Waals surface area contributed by atoms with Gasteiger partial charge in [-0.25, -0.2) is 0 Å². The monoisotopic (exact) mass is 486 g/mol. The van der Waals surface area contributed by atoms with Gasteiger partial charge in [-0.3, -0.25) is 9.36 Å². The average Bonchev–Trinajstić information content (AvgIpc) is 3.48. The van der Waals surface area contributed by atoms with Crippen molar-refractivity contribution in [2.24, 2.45) is 0 Å². The lowest BCUT2D eigenvalue weighted by molar-refractivity contribution is -0.113. The summed E-state index contributed by atoms with van der Waals surface area (Å²) in [5.41, 5.74) is 1.48. The van der Waals surface area contributed by atoms with Gasteiger partial charge in [-0.1, -0.05) is 29.4 Å². The molecule has 4 rings (SSSR count). The van der Waals surface area contributed by atoms with E-state index in [-0.39, 0.29) is 11.7 Å². The summed E-state index contributed by atoms with van der Waals surface area (Å²) >= 11 is 8.94. The summed E-state index contributed by atoms with van der Waals surface area (Å²) < 4.78 is 12.4. The lowest BCUT2D eigenvalue weighted by Gasteiger charge is -2.11. The molecule has 0 atom stereocenters. The van der Waals surface area contributed by atoms with Crippen molar-refractivity contribution in [3.63, 3.8) is 0 Å². The number of nitrogens with zero attached hydrogens (tertiary/aromatic N) is 3. The molecule has 0 aliphatic heterocycles. The van der Waals surface area contributed by atoms with E-state index in [2.05, 4.69) is 15.5 Å². The maximum atomic E-state index is 12.6. The molecule has 0 unspecified atom stereocenters. The van der Waals surface area contributed by atoms with Gasteiger partial charge in [-0.05, 0) is 47.8 Å². The number of halogens is 1. The second-order valence-electron chi connectivity index (χ2n) is 6.50. The van der Waals surface area contributed by atoms with Crippen molar-refractivity contribution in [2.75, 3.05) is 25.3 Å². The van der Waals surface area contributed by atoms with Crippen molar-refractivity contribution in [3.8, 4) is 27.9 Å². The Labute approximate surface area is 198 Å². The lowest BCUT2D eigenvalue weighted by Crippen LogP contribution is -2.14. The number of hydrogen-bond acceptors (Lipinski definition) is 7. The minimum Gasteiger partial charge on any atom is -0.493 e. The summed E-state index contributed by atoms with van der Waals surface area (Å²) in [6, 6.07) is 16.6. The number of hydrogen-bond donors (Lipinski definition) is 1. The molecule has 4 aromatic rings. The summed E-state index contributed by atoms with van der Waals surface area (Å²) in [6.45, 7) is 0. The Bertz CT molecular complexity index is 1210. The minimum atomic E-state index is -0.175. The molecule has 2 heterocycles. The number of amides is 1. The van der Waals surface area contributed by atoms with E-state index in [0.717, 1.165) is 10.6 Å². The molecular formula is C22H19ClN4O3S2. The number of ether oxygens (including phenoxy) is 2. The van der Waals surface area contributed by atoms with Gasteiger partial charge in [0.15, 0.2) is 22.5 Å². The fourth-order valence-electron chi connectivity index (χ4n) is 2.99. The highest BCUT2D eigenvalue weighted by atomic mass is 35.5. The van der Waals surface area contributed by atoms with Gasteiger partial charge in [0.25, 0.3) is 0 Å². The molecule has 0 fully saturated rings. The summed E-state index contributed by atoms with van der Waals surface area (Å²) in [6.07, 6.45) is 0. The smallest absolute Gasteiger partial charge is 0.234 e. The Morgan fingerprint density at radius 1 is 1.09 bits per heavy atom. The van der Waals surface area contributed by atoms with Gasteiger partial charge >= 0.3 is 0 Å². The normalized spacial score (nSPS) is 10.7. The summed E-state index contributed by atoms with van der Waals surface area (Å²) in [5, 5.41) is 14.8. The average molecular weight is 487 g/mol. The third-order valence-electron chi connectivity index (χ3n) is 4.46. The van der Waals surface area contributed by atoms with Gasteiger partial charge < -0.3 is 14.8 Å². The third-order valence-corrected chi connectivity index (χ3v) is 6.51. The fraction of sp³-hybridized carbons (Fsp3) is 0.136. The van der Waals surface area contributed by atoms with Crippen LogP contribution in [0.2, 0.25) is 5.02 Å². The molecule has 1 N–H and O–H groups in total. The lowest BCUT2D eigenvalue weighted by atomic mass is 10.2. The van der Waals surface area contributed by atoms with Gasteiger partial charge in [-0.2, -0.15) is 0 Å². The zero-order chi connectivity index (χ0) is 22.5. The predicted octanol–water partition coefficient (Wildman–Crippen LogP) is 5.40. The number of nitrogens with one attached hydrogen (secondary N) is 1. The fourth-order valence-corrected chi connectivity index (χ4v) is 4.57. The van der Waals surface area contributed by atoms with Gasteiger partial charge in [0.05, 0.1) is 24.8 Å². The van der Waals surface area contributed by atoms with Crippen LogP contribution >= 0.6 is 34.7 Å². The van der Waals surface area contributed by atoms with Crippen LogP contribution in [0, 0.1) is 0 Å². The highest BCUT2D eigenvalue weighted by Crippen LogP contribution is 2.32. The molecule has 0 aliphatic rings.